The monoisotopic (exact) mass is 271 g/mol. The first-order valence-electron chi connectivity index (χ1n) is 7.27. The molecule has 2 aromatic heterocycles. The highest BCUT2D eigenvalue weighted by molar-refractivity contribution is 5.52. The highest BCUT2D eigenvalue weighted by atomic mass is 15.2. The van der Waals surface area contributed by atoms with Gasteiger partial charge in [-0.3, -0.25) is 4.98 Å². The molecule has 106 valence electrons. The van der Waals surface area contributed by atoms with Gasteiger partial charge in [-0.2, -0.15) is 0 Å². The SMILES string of the molecule is CCCNCc1ccncc1N1CCn2ccnc2C1. The Morgan fingerprint density at radius 1 is 1.30 bits per heavy atom. The molecular weight excluding hydrogens is 250 g/mol. The summed E-state index contributed by atoms with van der Waals surface area (Å²) in [5.74, 6) is 1.13. The molecule has 2 aromatic rings. The van der Waals surface area contributed by atoms with Gasteiger partial charge in [0, 0.05) is 38.2 Å². The average Bonchev–Trinajstić information content (AvgIpc) is 2.95. The van der Waals surface area contributed by atoms with E-state index in [-0.39, 0.29) is 0 Å². The zero-order valence-electron chi connectivity index (χ0n) is 11.9. The van der Waals surface area contributed by atoms with Gasteiger partial charge in [0.15, 0.2) is 0 Å². The van der Waals surface area contributed by atoms with Crippen molar-refractivity contribution in [2.75, 3.05) is 18.0 Å². The first-order valence-corrected chi connectivity index (χ1v) is 7.27. The van der Waals surface area contributed by atoms with Crippen LogP contribution < -0.4 is 10.2 Å². The highest BCUT2D eigenvalue weighted by Crippen LogP contribution is 2.23. The molecule has 1 aliphatic heterocycles. The van der Waals surface area contributed by atoms with Crippen LogP contribution in [0.3, 0.4) is 0 Å². The molecule has 3 heterocycles. The number of rotatable bonds is 5. The van der Waals surface area contributed by atoms with Gasteiger partial charge in [-0.25, -0.2) is 4.98 Å². The first kappa shape index (κ1) is 13.1. The number of pyridine rings is 1. The van der Waals surface area contributed by atoms with E-state index in [4.69, 9.17) is 0 Å². The molecular formula is C15H21N5. The maximum absolute atomic E-state index is 4.42. The summed E-state index contributed by atoms with van der Waals surface area (Å²) in [6, 6.07) is 2.11. The third-order valence-corrected chi connectivity index (χ3v) is 3.72. The van der Waals surface area contributed by atoms with Gasteiger partial charge in [0.1, 0.15) is 5.82 Å². The maximum Gasteiger partial charge on any atom is 0.128 e. The zero-order chi connectivity index (χ0) is 13.8. The molecule has 0 amide bonds. The number of nitrogens with one attached hydrogen (secondary N) is 1. The van der Waals surface area contributed by atoms with Crippen LogP contribution in [0.4, 0.5) is 5.69 Å². The highest BCUT2D eigenvalue weighted by Gasteiger charge is 2.18. The van der Waals surface area contributed by atoms with Crippen LogP contribution in [0.25, 0.3) is 0 Å². The third kappa shape index (κ3) is 2.67. The Morgan fingerprint density at radius 3 is 3.15 bits per heavy atom. The van der Waals surface area contributed by atoms with E-state index in [1.54, 1.807) is 0 Å². The summed E-state index contributed by atoms with van der Waals surface area (Å²) in [7, 11) is 0. The number of hydrogen-bond acceptors (Lipinski definition) is 4. The van der Waals surface area contributed by atoms with Gasteiger partial charge in [-0.1, -0.05) is 6.92 Å². The van der Waals surface area contributed by atoms with Gasteiger partial charge in [0.25, 0.3) is 0 Å². The summed E-state index contributed by atoms with van der Waals surface area (Å²) < 4.78 is 2.22. The molecule has 0 bridgehead atoms. The second-order valence-corrected chi connectivity index (χ2v) is 5.14. The fourth-order valence-corrected chi connectivity index (χ4v) is 2.63. The van der Waals surface area contributed by atoms with Crippen molar-refractivity contribution in [3.05, 3.63) is 42.2 Å². The van der Waals surface area contributed by atoms with Crippen molar-refractivity contribution in [3.8, 4) is 0 Å². The van der Waals surface area contributed by atoms with E-state index in [2.05, 4.69) is 43.9 Å². The standard InChI is InChI=1S/C15H21N5/c1-2-4-16-10-13-3-5-17-11-14(13)20-9-8-19-7-6-18-15(19)12-20/h3,5-7,11,16H,2,4,8-10,12H2,1H3. The molecule has 0 saturated carbocycles. The molecule has 1 aliphatic rings. The largest absolute Gasteiger partial charge is 0.361 e. The van der Waals surface area contributed by atoms with Crippen LogP contribution in [0.5, 0.6) is 0 Å². The molecule has 5 heteroatoms. The van der Waals surface area contributed by atoms with Gasteiger partial charge >= 0.3 is 0 Å². The molecule has 0 radical (unpaired) electrons. The van der Waals surface area contributed by atoms with Crippen molar-refractivity contribution in [1.29, 1.82) is 0 Å². The Bertz CT molecular complexity index is 563. The Hall–Kier alpha value is -1.88. The molecule has 0 spiro atoms. The van der Waals surface area contributed by atoms with Crippen molar-refractivity contribution < 1.29 is 0 Å². The smallest absolute Gasteiger partial charge is 0.128 e. The Balaban J connectivity index is 1.77. The minimum absolute atomic E-state index is 0.861. The van der Waals surface area contributed by atoms with Crippen molar-refractivity contribution in [1.82, 2.24) is 19.9 Å². The Labute approximate surface area is 119 Å². The van der Waals surface area contributed by atoms with Crippen LogP contribution in [-0.4, -0.2) is 27.6 Å². The van der Waals surface area contributed by atoms with E-state index in [0.29, 0.717) is 0 Å². The lowest BCUT2D eigenvalue weighted by atomic mass is 10.2. The normalized spacial score (nSPS) is 14.3. The molecule has 3 rings (SSSR count). The molecule has 0 aromatic carbocycles. The number of hydrogen-bond donors (Lipinski definition) is 1. The van der Waals surface area contributed by atoms with E-state index in [1.807, 2.05) is 18.6 Å². The van der Waals surface area contributed by atoms with Crippen LogP contribution in [0.1, 0.15) is 24.7 Å². The quantitative estimate of drug-likeness (QED) is 0.842. The van der Waals surface area contributed by atoms with Crippen molar-refractivity contribution in [2.45, 2.75) is 33.0 Å². The van der Waals surface area contributed by atoms with Crippen LogP contribution in [0, 0.1) is 0 Å². The lowest BCUT2D eigenvalue weighted by Gasteiger charge is -2.30. The van der Waals surface area contributed by atoms with E-state index in [1.165, 1.54) is 11.3 Å². The van der Waals surface area contributed by atoms with Gasteiger partial charge in [0.2, 0.25) is 0 Å². The molecule has 20 heavy (non-hydrogen) atoms. The summed E-state index contributed by atoms with van der Waals surface area (Å²) in [4.78, 5) is 11.1. The van der Waals surface area contributed by atoms with Crippen LogP contribution >= 0.6 is 0 Å². The van der Waals surface area contributed by atoms with Crippen molar-refractivity contribution in [3.63, 3.8) is 0 Å². The number of fused-ring (bicyclic) bond motifs is 1. The minimum atomic E-state index is 0.861. The number of imidazole rings is 1. The predicted octanol–water partition coefficient (Wildman–Crippen LogP) is 1.80. The second-order valence-electron chi connectivity index (χ2n) is 5.14. The molecule has 0 saturated heterocycles. The summed E-state index contributed by atoms with van der Waals surface area (Å²) in [5, 5.41) is 3.47. The van der Waals surface area contributed by atoms with Crippen molar-refractivity contribution in [2.24, 2.45) is 0 Å². The summed E-state index contributed by atoms with van der Waals surface area (Å²) in [5.41, 5.74) is 2.54. The second kappa shape index (κ2) is 6.05. The number of nitrogens with zero attached hydrogens (tertiary/aromatic N) is 4. The summed E-state index contributed by atoms with van der Waals surface area (Å²) in [6.45, 7) is 7.00. The Morgan fingerprint density at radius 2 is 2.25 bits per heavy atom. The predicted molar refractivity (Wildman–Crippen MR) is 79.5 cm³/mol. The van der Waals surface area contributed by atoms with E-state index < -0.39 is 0 Å². The third-order valence-electron chi connectivity index (χ3n) is 3.72. The zero-order valence-corrected chi connectivity index (χ0v) is 11.9. The fourth-order valence-electron chi connectivity index (χ4n) is 2.63. The first-order chi connectivity index (χ1) is 9.88. The van der Waals surface area contributed by atoms with E-state index in [9.17, 15) is 0 Å². The summed E-state index contributed by atoms with van der Waals surface area (Å²) in [6.07, 6.45) is 8.94. The molecule has 1 N–H and O–H groups in total. The lowest BCUT2D eigenvalue weighted by Crippen LogP contribution is -2.34. The Kier molecular flexibility index (Phi) is 3.97. The molecule has 0 fully saturated rings. The lowest BCUT2D eigenvalue weighted by molar-refractivity contribution is 0.556. The average molecular weight is 271 g/mol. The minimum Gasteiger partial charge on any atom is -0.361 e. The van der Waals surface area contributed by atoms with Crippen LogP contribution in [0.2, 0.25) is 0 Å². The maximum atomic E-state index is 4.42. The van der Waals surface area contributed by atoms with Gasteiger partial charge < -0.3 is 14.8 Å². The number of anilines is 1. The van der Waals surface area contributed by atoms with E-state index >= 15 is 0 Å². The van der Waals surface area contributed by atoms with Gasteiger partial charge in [-0.05, 0) is 24.6 Å². The van der Waals surface area contributed by atoms with Crippen molar-refractivity contribution >= 4 is 5.69 Å². The molecule has 0 aliphatic carbocycles. The topological polar surface area (TPSA) is 46.0 Å². The van der Waals surface area contributed by atoms with Gasteiger partial charge in [0.05, 0.1) is 18.4 Å². The van der Waals surface area contributed by atoms with Gasteiger partial charge in [-0.15, -0.1) is 0 Å². The van der Waals surface area contributed by atoms with Crippen LogP contribution in [0.15, 0.2) is 30.9 Å². The summed E-state index contributed by atoms with van der Waals surface area (Å²) >= 11 is 0. The van der Waals surface area contributed by atoms with E-state index in [0.717, 1.165) is 45.0 Å². The molecule has 5 nitrogen and oxygen atoms in total. The van der Waals surface area contributed by atoms with Crippen LogP contribution in [-0.2, 0) is 19.6 Å². The molecule has 0 atom stereocenters. The fraction of sp³-hybridized carbons (Fsp3) is 0.467. The number of aromatic nitrogens is 3. The molecule has 0 unspecified atom stereocenters.